The number of aromatic nitrogens is 2. The zero-order valence-electron chi connectivity index (χ0n) is 9.48. The Morgan fingerprint density at radius 2 is 1.83 bits per heavy atom. The van der Waals surface area contributed by atoms with Gasteiger partial charge in [-0.25, -0.2) is 0 Å². The zero-order valence-corrected chi connectivity index (χ0v) is 9.48. The molecule has 3 nitrogen and oxygen atoms in total. The number of hydrogen-bond acceptors (Lipinski definition) is 2. The van der Waals surface area contributed by atoms with E-state index in [1.54, 1.807) is 0 Å². The highest BCUT2D eigenvalue weighted by atomic mass is 19.4. The molecule has 0 atom stereocenters. The second-order valence-corrected chi connectivity index (χ2v) is 3.90. The molecule has 18 heavy (non-hydrogen) atoms. The zero-order chi connectivity index (χ0) is 13.2. The van der Waals surface area contributed by atoms with Gasteiger partial charge >= 0.3 is 6.18 Å². The molecular formula is C12H12F3N3. The van der Waals surface area contributed by atoms with Crippen LogP contribution >= 0.6 is 0 Å². The van der Waals surface area contributed by atoms with Crippen molar-refractivity contribution >= 4 is 0 Å². The Morgan fingerprint density at radius 1 is 1.17 bits per heavy atom. The maximum atomic E-state index is 12.4. The molecule has 1 aromatic heterocycles. The van der Waals surface area contributed by atoms with E-state index in [-0.39, 0.29) is 6.54 Å². The van der Waals surface area contributed by atoms with E-state index in [4.69, 9.17) is 5.73 Å². The van der Waals surface area contributed by atoms with E-state index in [0.29, 0.717) is 6.54 Å². The van der Waals surface area contributed by atoms with E-state index in [0.717, 1.165) is 23.5 Å². The molecule has 0 spiro atoms. The average molecular weight is 255 g/mol. The molecule has 0 unspecified atom stereocenters. The SMILES string of the molecule is NCc1ccccc1Cn1cc(C(F)(F)F)cn1. The molecule has 0 saturated carbocycles. The molecule has 0 aliphatic rings. The molecule has 1 aromatic carbocycles. The van der Waals surface area contributed by atoms with Gasteiger partial charge in [0.1, 0.15) is 0 Å². The van der Waals surface area contributed by atoms with Gasteiger partial charge in [0.25, 0.3) is 0 Å². The van der Waals surface area contributed by atoms with Crippen LogP contribution in [0.3, 0.4) is 0 Å². The first-order valence-corrected chi connectivity index (χ1v) is 5.37. The second kappa shape index (κ2) is 4.81. The van der Waals surface area contributed by atoms with Crippen molar-refractivity contribution in [2.24, 2.45) is 5.73 Å². The van der Waals surface area contributed by atoms with Gasteiger partial charge in [0.15, 0.2) is 0 Å². The highest BCUT2D eigenvalue weighted by Crippen LogP contribution is 2.28. The monoisotopic (exact) mass is 255 g/mol. The molecule has 0 bridgehead atoms. The Labute approximate surface area is 102 Å². The van der Waals surface area contributed by atoms with Gasteiger partial charge in [0.05, 0.1) is 18.3 Å². The Balaban J connectivity index is 2.22. The third-order valence-electron chi connectivity index (χ3n) is 2.63. The number of hydrogen-bond donors (Lipinski definition) is 1. The van der Waals surface area contributed by atoms with Crippen molar-refractivity contribution in [1.82, 2.24) is 9.78 Å². The summed E-state index contributed by atoms with van der Waals surface area (Å²) in [4.78, 5) is 0. The summed E-state index contributed by atoms with van der Waals surface area (Å²) in [7, 11) is 0. The standard InChI is InChI=1S/C12H12F3N3/c13-12(14,15)11-6-17-18(8-11)7-10-4-2-1-3-9(10)5-16/h1-4,6,8H,5,7,16H2. The fourth-order valence-electron chi connectivity index (χ4n) is 1.68. The summed E-state index contributed by atoms with van der Waals surface area (Å²) >= 11 is 0. The number of nitrogens with zero attached hydrogens (tertiary/aromatic N) is 2. The summed E-state index contributed by atoms with van der Waals surface area (Å²) in [5.41, 5.74) is 6.60. The molecule has 2 aromatic rings. The lowest BCUT2D eigenvalue weighted by molar-refractivity contribution is -0.137. The van der Waals surface area contributed by atoms with Gasteiger partial charge in [0, 0.05) is 12.7 Å². The van der Waals surface area contributed by atoms with Crippen molar-refractivity contribution in [2.45, 2.75) is 19.3 Å². The molecule has 0 fully saturated rings. The van der Waals surface area contributed by atoms with Crippen molar-refractivity contribution < 1.29 is 13.2 Å². The minimum atomic E-state index is -4.36. The van der Waals surface area contributed by atoms with Crippen LogP contribution in [0.25, 0.3) is 0 Å². The van der Waals surface area contributed by atoms with Crippen molar-refractivity contribution in [3.05, 3.63) is 53.3 Å². The molecule has 6 heteroatoms. The summed E-state index contributed by atoms with van der Waals surface area (Å²) in [6.07, 6.45) is -2.54. The topological polar surface area (TPSA) is 43.8 Å². The predicted molar refractivity (Wildman–Crippen MR) is 60.7 cm³/mol. The van der Waals surface area contributed by atoms with Crippen LogP contribution in [0.2, 0.25) is 0 Å². The molecule has 0 aliphatic heterocycles. The molecule has 96 valence electrons. The van der Waals surface area contributed by atoms with E-state index >= 15 is 0 Å². The largest absolute Gasteiger partial charge is 0.419 e. The van der Waals surface area contributed by atoms with Crippen LogP contribution in [-0.2, 0) is 19.3 Å². The van der Waals surface area contributed by atoms with Gasteiger partial charge in [0.2, 0.25) is 0 Å². The lowest BCUT2D eigenvalue weighted by Crippen LogP contribution is -2.07. The fourth-order valence-corrected chi connectivity index (χ4v) is 1.68. The summed E-state index contributed by atoms with van der Waals surface area (Å²) in [6.45, 7) is 0.632. The summed E-state index contributed by atoms with van der Waals surface area (Å²) in [5.74, 6) is 0. The quantitative estimate of drug-likeness (QED) is 0.915. The van der Waals surface area contributed by atoms with E-state index in [1.807, 2.05) is 24.3 Å². The molecule has 0 saturated heterocycles. The summed E-state index contributed by atoms with van der Waals surface area (Å²) in [5, 5.41) is 3.71. The maximum absolute atomic E-state index is 12.4. The lowest BCUT2D eigenvalue weighted by atomic mass is 10.1. The van der Waals surface area contributed by atoms with Crippen LogP contribution in [0, 0.1) is 0 Å². The first kappa shape index (κ1) is 12.6. The van der Waals surface area contributed by atoms with Gasteiger partial charge in [-0.2, -0.15) is 18.3 Å². The number of benzene rings is 1. The fraction of sp³-hybridized carbons (Fsp3) is 0.250. The maximum Gasteiger partial charge on any atom is 0.419 e. The highest BCUT2D eigenvalue weighted by Gasteiger charge is 2.32. The molecule has 2 rings (SSSR count). The van der Waals surface area contributed by atoms with Gasteiger partial charge in [-0.1, -0.05) is 24.3 Å². The van der Waals surface area contributed by atoms with Crippen LogP contribution in [-0.4, -0.2) is 9.78 Å². The van der Waals surface area contributed by atoms with Crippen molar-refractivity contribution in [1.29, 1.82) is 0 Å². The average Bonchev–Trinajstić information content (AvgIpc) is 2.78. The third kappa shape index (κ3) is 2.70. The van der Waals surface area contributed by atoms with E-state index in [9.17, 15) is 13.2 Å². The van der Waals surface area contributed by atoms with Crippen molar-refractivity contribution in [2.75, 3.05) is 0 Å². The normalized spacial score (nSPS) is 11.8. The Bertz CT molecular complexity index is 531. The summed E-state index contributed by atoms with van der Waals surface area (Å²) in [6, 6.07) is 7.35. The number of nitrogens with two attached hydrogens (primary N) is 1. The molecular weight excluding hydrogens is 243 g/mol. The Morgan fingerprint density at radius 3 is 2.39 bits per heavy atom. The number of alkyl halides is 3. The Kier molecular flexibility index (Phi) is 3.38. The van der Waals surface area contributed by atoms with E-state index in [2.05, 4.69) is 5.10 Å². The van der Waals surface area contributed by atoms with Crippen LogP contribution in [0.15, 0.2) is 36.7 Å². The van der Waals surface area contributed by atoms with Gasteiger partial charge < -0.3 is 5.73 Å². The molecule has 2 N–H and O–H groups in total. The smallest absolute Gasteiger partial charge is 0.326 e. The van der Waals surface area contributed by atoms with Crippen LogP contribution < -0.4 is 5.73 Å². The first-order valence-electron chi connectivity index (χ1n) is 5.37. The van der Waals surface area contributed by atoms with Crippen molar-refractivity contribution in [3.63, 3.8) is 0 Å². The number of halogens is 3. The van der Waals surface area contributed by atoms with E-state index < -0.39 is 11.7 Å². The number of rotatable bonds is 3. The molecule has 0 radical (unpaired) electrons. The van der Waals surface area contributed by atoms with Crippen LogP contribution in [0.1, 0.15) is 16.7 Å². The summed E-state index contributed by atoms with van der Waals surface area (Å²) < 4.78 is 38.5. The molecule has 0 aliphatic carbocycles. The third-order valence-corrected chi connectivity index (χ3v) is 2.63. The second-order valence-electron chi connectivity index (χ2n) is 3.90. The molecule has 1 heterocycles. The molecule has 0 amide bonds. The predicted octanol–water partition coefficient (Wildman–Crippen LogP) is 2.41. The minimum Gasteiger partial charge on any atom is -0.326 e. The van der Waals surface area contributed by atoms with Gasteiger partial charge in [-0.15, -0.1) is 0 Å². The van der Waals surface area contributed by atoms with E-state index in [1.165, 1.54) is 4.68 Å². The highest BCUT2D eigenvalue weighted by molar-refractivity contribution is 5.27. The Hall–Kier alpha value is -1.82. The van der Waals surface area contributed by atoms with Gasteiger partial charge in [-0.05, 0) is 11.1 Å². The first-order chi connectivity index (χ1) is 8.50. The van der Waals surface area contributed by atoms with Gasteiger partial charge in [-0.3, -0.25) is 4.68 Å². The van der Waals surface area contributed by atoms with Crippen LogP contribution in [0.4, 0.5) is 13.2 Å². The van der Waals surface area contributed by atoms with Crippen molar-refractivity contribution in [3.8, 4) is 0 Å². The van der Waals surface area contributed by atoms with Crippen LogP contribution in [0.5, 0.6) is 0 Å². The minimum absolute atomic E-state index is 0.281. The lowest BCUT2D eigenvalue weighted by Gasteiger charge is -2.07.